The number of amides is 4. The van der Waals surface area contributed by atoms with E-state index in [2.05, 4.69) is 42.6 Å². The second-order valence-electron chi connectivity index (χ2n) is 21.9. The summed E-state index contributed by atoms with van der Waals surface area (Å²) in [5.74, 6) is -6.65. The Morgan fingerprint density at radius 3 is 2.15 bits per heavy atom. The first kappa shape index (κ1) is 64.4. The zero-order valence-electron chi connectivity index (χ0n) is 46.0. The SMILES string of the molecule is CC(C)(C)OC(=O)N/C(=N\C(=O)O)N1CCN(CC(=O)N(Cc2nn(CC(F)(F)F)c3c(-c4ccc(C#CC(C)(C)S(C)(=O)=O)nc4C(Cc4cc(F)cc(F)c4)NC(=O)Cn4nc(C(F)(F)F)c5c4C(F)(F)[C@@H]4C[C@H]54)ccc(Cl)c23)[SH](=O)=O)CC1. The summed E-state index contributed by atoms with van der Waals surface area (Å²) in [5.41, 5.74) is -7.22. The van der Waals surface area contributed by atoms with Gasteiger partial charge in [-0.05, 0) is 95.2 Å². The van der Waals surface area contributed by atoms with Gasteiger partial charge in [0.2, 0.25) is 28.7 Å². The van der Waals surface area contributed by atoms with Gasteiger partial charge in [0.15, 0.2) is 15.5 Å². The number of fused-ring (bicyclic) bond motifs is 4. The van der Waals surface area contributed by atoms with Crippen molar-refractivity contribution in [2.24, 2.45) is 10.9 Å². The quantitative estimate of drug-likeness (QED) is 0.0279. The van der Waals surface area contributed by atoms with E-state index in [1.54, 1.807) is 20.8 Å². The van der Waals surface area contributed by atoms with E-state index in [4.69, 9.17) is 16.3 Å². The first-order chi connectivity index (χ1) is 39.7. The van der Waals surface area contributed by atoms with E-state index in [1.165, 1.54) is 29.7 Å². The smallest absolute Gasteiger partial charge is 0.435 e. The summed E-state index contributed by atoms with van der Waals surface area (Å²) in [4.78, 5) is 63.0. The van der Waals surface area contributed by atoms with Crippen LogP contribution in [0, 0.1) is 29.4 Å². The van der Waals surface area contributed by atoms with E-state index in [1.807, 2.05) is 0 Å². The van der Waals surface area contributed by atoms with Gasteiger partial charge < -0.3 is 20.1 Å². The second-order valence-corrected chi connectivity index (χ2v) is 25.9. The van der Waals surface area contributed by atoms with Crippen molar-refractivity contribution in [3.63, 3.8) is 0 Å². The highest BCUT2D eigenvalue weighted by molar-refractivity contribution is 7.92. The van der Waals surface area contributed by atoms with E-state index in [0.29, 0.717) is 10.7 Å². The minimum Gasteiger partial charge on any atom is -0.463 e. The number of alkyl halides is 8. The fourth-order valence-corrected chi connectivity index (χ4v) is 10.9. The second kappa shape index (κ2) is 23.6. The van der Waals surface area contributed by atoms with E-state index < -0.39 is 175 Å². The summed E-state index contributed by atoms with van der Waals surface area (Å²) in [7, 11) is -7.85. The summed E-state index contributed by atoms with van der Waals surface area (Å²) < 4.78 is 204. The number of aromatic nitrogens is 5. The molecule has 8 rings (SSSR count). The molecule has 86 heavy (non-hydrogen) atoms. The molecule has 3 aliphatic rings. The van der Waals surface area contributed by atoms with Gasteiger partial charge in [-0.3, -0.25) is 29.2 Å². The van der Waals surface area contributed by atoms with Gasteiger partial charge in [-0.15, -0.1) is 4.99 Å². The van der Waals surface area contributed by atoms with Crippen molar-refractivity contribution < 1.29 is 89.8 Å². The van der Waals surface area contributed by atoms with Crippen LogP contribution in [-0.2, 0) is 73.2 Å². The van der Waals surface area contributed by atoms with Crippen LogP contribution in [0.15, 0.2) is 47.5 Å². The summed E-state index contributed by atoms with van der Waals surface area (Å²) in [5, 5.41) is 20.8. The third-order valence-electron chi connectivity index (χ3n) is 14.0. The molecule has 1 unspecified atom stereocenters. The Labute approximate surface area is 489 Å². The van der Waals surface area contributed by atoms with Crippen LogP contribution in [-0.4, -0.2) is 146 Å². The van der Waals surface area contributed by atoms with Crippen molar-refractivity contribution in [3.05, 3.63) is 98.7 Å². The standard InChI is InChI=1S/C52H52ClF10N11O10S2/c1-48(2,3)84-47(79)67-45(66-46(77)78)71-15-13-70(14-16-71)24-38(76)74(85(80)81)22-36-40-34(53)10-9-31(42(40)73(68-36)25-50(56,57)58)30-8-7-29(11-12-49(4,5)86(6,82)83)64-41(30)35(19-26-17-27(54)20-28(55)18-26)65-37(75)23-72-44-39(43(69-72)52(61,62)63)32-21-33(32)51(44,59)60/h7-10,17-18,20,32-33,35,85H,13-16,19,21-25H2,1-6H3,(H,65,75)(H,77,78)(H,66,67,79)/t32-,33+,35?/m0/s1. The molecule has 2 aliphatic carbocycles. The zero-order chi connectivity index (χ0) is 63.6. The van der Waals surface area contributed by atoms with Gasteiger partial charge in [0.25, 0.3) is 5.92 Å². The minimum atomic E-state index is -5.24. The fraction of sp³-hybridized carbons (Fsp3) is 0.462. The Hall–Kier alpha value is -7.57. The van der Waals surface area contributed by atoms with Crippen molar-refractivity contribution in [2.75, 3.05) is 39.0 Å². The molecule has 0 spiro atoms. The van der Waals surface area contributed by atoms with Crippen molar-refractivity contribution >= 4 is 73.2 Å². The number of ether oxygens (including phenoxy) is 1. The average Bonchev–Trinajstić information content (AvgIpc) is 1.53. The predicted octanol–water partition coefficient (Wildman–Crippen LogP) is 7.32. The fourth-order valence-electron chi connectivity index (χ4n) is 9.89. The number of guanidine groups is 1. The maximum atomic E-state index is 15.7. The lowest BCUT2D eigenvalue weighted by molar-refractivity contribution is -0.143. The first-order valence-electron chi connectivity index (χ1n) is 25.7. The molecule has 2 fully saturated rings. The molecule has 0 radical (unpaired) electrons. The number of hydrogen-bond acceptors (Lipinski definition) is 13. The number of benzene rings is 2. The monoisotopic (exact) mass is 1280 g/mol. The Morgan fingerprint density at radius 2 is 1.57 bits per heavy atom. The lowest BCUT2D eigenvalue weighted by atomic mass is 9.93. The van der Waals surface area contributed by atoms with Crippen LogP contribution in [0.1, 0.15) is 92.6 Å². The first-order valence-corrected chi connectivity index (χ1v) is 29.1. The maximum absolute atomic E-state index is 15.7. The lowest BCUT2D eigenvalue weighted by Crippen LogP contribution is -2.55. The Balaban J connectivity index is 1.21. The normalized spacial score (nSPS) is 17.6. The number of carbonyl (C=O) groups is 4. The molecule has 0 bridgehead atoms. The number of piperazine rings is 1. The van der Waals surface area contributed by atoms with Crippen molar-refractivity contribution in [1.82, 2.24) is 49.3 Å². The summed E-state index contributed by atoms with van der Waals surface area (Å²) in [6.45, 7) is 1.93. The molecule has 5 aromatic rings. The van der Waals surface area contributed by atoms with E-state index >= 15 is 8.78 Å². The van der Waals surface area contributed by atoms with Crippen LogP contribution >= 0.6 is 11.6 Å². The number of aliphatic imine (C=N–C) groups is 1. The van der Waals surface area contributed by atoms with E-state index in [0.717, 1.165) is 36.6 Å². The Bertz CT molecular complexity index is 3830. The molecule has 3 atom stereocenters. The number of carbonyl (C=O) groups excluding carboxylic acids is 3. The van der Waals surface area contributed by atoms with E-state index in [-0.39, 0.29) is 74.4 Å². The van der Waals surface area contributed by atoms with Crippen molar-refractivity contribution in [2.45, 2.75) is 108 Å². The number of hydrogen-bond donors (Lipinski definition) is 4. The molecule has 1 saturated carbocycles. The molecule has 3 N–H and O–H groups in total. The number of pyridine rings is 1. The van der Waals surface area contributed by atoms with Gasteiger partial charge in [-0.2, -0.15) is 45.3 Å². The number of thiol groups is 1. The van der Waals surface area contributed by atoms with Gasteiger partial charge in [0, 0.05) is 66.5 Å². The number of nitrogens with one attached hydrogen (secondary N) is 2. The molecule has 1 saturated heterocycles. The molecular weight excluding hydrogens is 1230 g/mol. The number of alkyl carbamates (subject to hydrolysis) is 1. The lowest BCUT2D eigenvalue weighted by Gasteiger charge is -2.36. The molecule has 34 heteroatoms. The highest BCUT2D eigenvalue weighted by atomic mass is 35.5. The van der Waals surface area contributed by atoms with Gasteiger partial charge in [0.05, 0.1) is 41.1 Å². The van der Waals surface area contributed by atoms with Crippen LogP contribution < -0.4 is 10.6 Å². The highest BCUT2D eigenvalue weighted by Crippen LogP contribution is 2.68. The number of sulfone groups is 1. The van der Waals surface area contributed by atoms with Crippen LogP contribution in [0.5, 0.6) is 0 Å². The third kappa shape index (κ3) is 14.5. The number of nitrogens with zero attached hydrogens (tertiary/aromatic N) is 9. The molecule has 4 heterocycles. The van der Waals surface area contributed by atoms with Crippen molar-refractivity contribution in [1.29, 1.82) is 0 Å². The molecule has 1 aliphatic heterocycles. The van der Waals surface area contributed by atoms with E-state index in [9.17, 15) is 76.2 Å². The predicted molar refractivity (Wildman–Crippen MR) is 286 cm³/mol. The summed E-state index contributed by atoms with van der Waals surface area (Å²) in [6, 6.07) is 4.91. The maximum Gasteiger partial charge on any atom is 0.435 e. The number of halogens is 11. The summed E-state index contributed by atoms with van der Waals surface area (Å²) in [6.07, 6.45) is -13.2. The van der Waals surface area contributed by atoms with Gasteiger partial charge in [-0.25, -0.2) is 44.5 Å². The molecule has 2 aromatic carbocycles. The van der Waals surface area contributed by atoms with Gasteiger partial charge in [0.1, 0.15) is 46.5 Å². The molecule has 3 aromatic heterocycles. The Morgan fingerprint density at radius 1 is 0.930 bits per heavy atom. The van der Waals surface area contributed by atoms with Crippen LogP contribution in [0.4, 0.5) is 53.5 Å². The van der Waals surface area contributed by atoms with Crippen LogP contribution in [0.2, 0.25) is 5.02 Å². The highest BCUT2D eigenvalue weighted by Gasteiger charge is 2.68. The molecule has 21 nitrogen and oxygen atoms in total. The number of rotatable bonds is 14. The van der Waals surface area contributed by atoms with Crippen LogP contribution in [0.3, 0.4) is 0 Å². The average molecular weight is 1280 g/mol. The molecule has 4 amide bonds. The molecular formula is C52H52ClF10N11O10S2. The topological polar surface area (TPSA) is 261 Å². The van der Waals surface area contributed by atoms with Crippen LogP contribution in [0.25, 0.3) is 22.0 Å². The minimum absolute atomic E-state index is 0.0605. The third-order valence-corrected chi connectivity index (χ3v) is 17.1. The summed E-state index contributed by atoms with van der Waals surface area (Å²) >= 11 is 6.75. The largest absolute Gasteiger partial charge is 0.463 e. The number of carboxylic acid groups (broad SMARTS) is 1. The zero-order valence-corrected chi connectivity index (χ0v) is 48.5. The Kier molecular flexibility index (Phi) is 17.7. The van der Waals surface area contributed by atoms with Crippen molar-refractivity contribution in [3.8, 4) is 23.0 Å². The van der Waals surface area contributed by atoms with Gasteiger partial charge in [-0.1, -0.05) is 23.6 Å². The van der Waals surface area contributed by atoms with Gasteiger partial charge >= 0.3 is 24.5 Å². The molecule has 464 valence electrons.